The lowest BCUT2D eigenvalue weighted by Crippen LogP contribution is -2.59. The molecule has 6 heterocycles. The zero-order valence-electron chi connectivity index (χ0n) is 27.8. The minimum absolute atomic E-state index is 0.0538. The predicted molar refractivity (Wildman–Crippen MR) is 184 cm³/mol. The molecule has 8 rings (SSSR count). The predicted octanol–water partition coefficient (Wildman–Crippen LogP) is 6.34. The van der Waals surface area contributed by atoms with Crippen LogP contribution in [0.15, 0.2) is 35.9 Å². The molecule has 4 aromatic rings. The molecule has 4 fully saturated rings. The lowest BCUT2D eigenvalue weighted by molar-refractivity contribution is 0.108. The van der Waals surface area contributed by atoms with Crippen LogP contribution in [-0.4, -0.2) is 81.9 Å². The molecule has 2 aromatic carbocycles. The van der Waals surface area contributed by atoms with Crippen molar-refractivity contribution in [2.75, 3.05) is 50.1 Å². The second-order valence-corrected chi connectivity index (χ2v) is 14.1. The van der Waals surface area contributed by atoms with Crippen LogP contribution in [0, 0.1) is 24.0 Å². The fourth-order valence-corrected chi connectivity index (χ4v) is 8.74. The first kappa shape index (κ1) is 32.5. The number of hydrogen-bond donors (Lipinski definition) is 3. The average molecular weight is 688 g/mol. The van der Waals surface area contributed by atoms with Crippen LogP contribution >= 0.6 is 0 Å². The van der Waals surface area contributed by atoms with E-state index in [2.05, 4.69) is 33.4 Å². The van der Waals surface area contributed by atoms with Gasteiger partial charge in [-0.3, -0.25) is 4.90 Å². The van der Waals surface area contributed by atoms with E-state index < -0.39 is 23.3 Å². The van der Waals surface area contributed by atoms with Crippen LogP contribution in [0.25, 0.3) is 32.9 Å². The molecule has 260 valence electrons. The average Bonchev–Trinajstić information content (AvgIpc) is 3.77. The van der Waals surface area contributed by atoms with E-state index in [0.29, 0.717) is 42.6 Å². The number of phenolic OH excluding ortho intramolecular Hbond substituents is 1. The Morgan fingerprint density at radius 1 is 1.18 bits per heavy atom. The maximum atomic E-state index is 17.2. The fraction of sp³-hybridized carbons (Fsp3) is 0.432. The summed E-state index contributed by atoms with van der Waals surface area (Å²) in [5.41, 5.74) is -0.954. The maximum absolute atomic E-state index is 17.2. The summed E-state index contributed by atoms with van der Waals surface area (Å²) >= 11 is 0. The lowest BCUT2D eigenvalue weighted by Gasteiger charge is -2.42. The normalized spacial score (nSPS) is 24.6. The molecule has 13 heteroatoms. The number of aromatic nitrogens is 3. The molecule has 4 aliphatic rings. The van der Waals surface area contributed by atoms with Gasteiger partial charge in [0.1, 0.15) is 41.0 Å². The quantitative estimate of drug-likeness (QED) is 0.152. The monoisotopic (exact) mass is 687 g/mol. The van der Waals surface area contributed by atoms with Gasteiger partial charge in [-0.05, 0) is 68.7 Å². The molecular weight excluding hydrogens is 650 g/mol. The number of anilines is 2. The van der Waals surface area contributed by atoms with Gasteiger partial charge in [0.25, 0.3) is 6.08 Å². The van der Waals surface area contributed by atoms with Gasteiger partial charge in [-0.2, -0.15) is 18.7 Å². The molecule has 3 atom stereocenters. The fourth-order valence-electron chi connectivity index (χ4n) is 8.74. The number of piperazine rings is 1. The zero-order valence-corrected chi connectivity index (χ0v) is 27.8. The van der Waals surface area contributed by atoms with E-state index in [1.807, 2.05) is 4.90 Å². The van der Waals surface area contributed by atoms with Crippen LogP contribution < -0.4 is 20.3 Å². The molecule has 2 bridgehead atoms. The zero-order chi connectivity index (χ0) is 34.9. The molecule has 0 saturated carbocycles. The highest BCUT2D eigenvalue weighted by Gasteiger charge is 2.49. The summed E-state index contributed by atoms with van der Waals surface area (Å²) < 4.78 is 65.9. The van der Waals surface area contributed by atoms with Gasteiger partial charge in [-0.25, -0.2) is 13.8 Å². The molecule has 0 spiro atoms. The highest BCUT2D eigenvalue weighted by Crippen LogP contribution is 2.45. The van der Waals surface area contributed by atoms with Crippen molar-refractivity contribution in [2.45, 2.75) is 62.6 Å². The van der Waals surface area contributed by atoms with Crippen LogP contribution in [0.3, 0.4) is 0 Å². The number of halogens is 4. The molecule has 0 aliphatic carbocycles. The molecule has 4 saturated heterocycles. The Balaban J connectivity index is 1.32. The van der Waals surface area contributed by atoms with Crippen molar-refractivity contribution < 1.29 is 27.4 Å². The first-order valence-electron chi connectivity index (χ1n) is 17.0. The van der Waals surface area contributed by atoms with E-state index in [-0.39, 0.29) is 82.0 Å². The van der Waals surface area contributed by atoms with E-state index in [1.165, 1.54) is 24.3 Å². The van der Waals surface area contributed by atoms with Crippen molar-refractivity contribution in [3.05, 3.63) is 53.1 Å². The number of fused-ring (bicyclic) bond motifs is 5. The molecule has 4 aliphatic heterocycles. The maximum Gasteiger partial charge on any atom is 0.319 e. The van der Waals surface area contributed by atoms with E-state index in [1.54, 1.807) is 7.05 Å². The topological polar surface area (TPSA) is 98.7 Å². The van der Waals surface area contributed by atoms with Gasteiger partial charge >= 0.3 is 6.01 Å². The number of rotatable bonds is 7. The summed E-state index contributed by atoms with van der Waals surface area (Å²) in [6.45, 7) is 4.29. The third-order valence-electron chi connectivity index (χ3n) is 11.2. The Kier molecular flexibility index (Phi) is 7.80. The Labute approximate surface area is 286 Å². The van der Waals surface area contributed by atoms with Gasteiger partial charge in [0, 0.05) is 54.8 Å². The van der Waals surface area contributed by atoms with Gasteiger partial charge in [0.2, 0.25) is 0 Å². The van der Waals surface area contributed by atoms with Crippen molar-refractivity contribution in [2.24, 2.45) is 0 Å². The van der Waals surface area contributed by atoms with Crippen molar-refractivity contribution in [3.8, 4) is 35.4 Å². The van der Waals surface area contributed by atoms with Gasteiger partial charge in [-0.15, -0.1) is 6.42 Å². The Hall–Kier alpha value is -4.67. The first-order valence-corrected chi connectivity index (χ1v) is 17.0. The smallest absolute Gasteiger partial charge is 0.319 e. The summed E-state index contributed by atoms with van der Waals surface area (Å²) in [4.78, 5) is 18.4. The number of nitrogens with one attached hydrogen (secondary N) is 2. The van der Waals surface area contributed by atoms with Gasteiger partial charge in [-0.1, -0.05) is 18.9 Å². The highest BCUT2D eigenvalue weighted by molar-refractivity contribution is 6.05. The number of benzene rings is 2. The summed E-state index contributed by atoms with van der Waals surface area (Å²) in [6.07, 6.45) is 8.65. The SMILES string of the molecule is C#Cc1c(F)ccc2cc(O)cc(-c3nc(NC)c4c(N5CC6CCC(CC)(C5)N6)nc(OC[C@@]56CCCN5CC(=C(F)F)C6)nc4c3F)c12. The number of hydrogen-bond acceptors (Lipinski definition) is 9. The minimum atomic E-state index is -1.66. The third-order valence-corrected chi connectivity index (χ3v) is 11.2. The number of pyridine rings is 1. The Morgan fingerprint density at radius 3 is 2.78 bits per heavy atom. The molecule has 9 nitrogen and oxygen atoms in total. The third kappa shape index (κ3) is 5.10. The van der Waals surface area contributed by atoms with Crippen LogP contribution in [0.1, 0.15) is 51.0 Å². The molecule has 0 amide bonds. The number of terminal acetylenes is 1. The second-order valence-electron chi connectivity index (χ2n) is 14.1. The number of phenols is 1. The molecular formula is C37H37F4N7O2. The Morgan fingerprint density at radius 2 is 2.02 bits per heavy atom. The van der Waals surface area contributed by atoms with E-state index in [9.17, 15) is 13.9 Å². The minimum Gasteiger partial charge on any atom is -0.508 e. The second kappa shape index (κ2) is 12.0. The summed E-state index contributed by atoms with van der Waals surface area (Å²) in [6, 6.07) is 5.51. The number of ether oxygens (including phenoxy) is 1. The van der Waals surface area contributed by atoms with Crippen molar-refractivity contribution in [1.82, 2.24) is 25.2 Å². The summed E-state index contributed by atoms with van der Waals surface area (Å²) in [5, 5.41) is 18.5. The van der Waals surface area contributed by atoms with Gasteiger partial charge < -0.3 is 25.4 Å². The highest BCUT2D eigenvalue weighted by atomic mass is 19.3. The molecule has 0 radical (unpaired) electrons. The largest absolute Gasteiger partial charge is 0.508 e. The molecule has 2 unspecified atom stereocenters. The standard InChI is InChI=1S/C37H37F4N7O2/c1-4-24-26(38)8-7-20-13-23(49)14-25(27(20)24)30-29(39)31-28(33(42-3)43-30)34(47-17-22-9-11-36(5-2,18-47)46-22)45-35(44-31)50-19-37-10-6-12-48(37)16-21(15-37)32(40)41/h1,7-8,13-14,22,46,49H,5-6,9-12,15-19H2,2-3H3,(H,42,43)/t22?,36?,37-/m0/s1. The van der Waals surface area contributed by atoms with Crippen LogP contribution in [-0.2, 0) is 0 Å². The first-order chi connectivity index (χ1) is 24.1. The van der Waals surface area contributed by atoms with Gasteiger partial charge in [0.05, 0.1) is 16.5 Å². The lowest BCUT2D eigenvalue weighted by atomic mass is 9.93. The van der Waals surface area contributed by atoms with E-state index in [0.717, 1.165) is 25.7 Å². The van der Waals surface area contributed by atoms with Crippen molar-refractivity contribution >= 4 is 33.3 Å². The Bertz CT molecular complexity index is 2130. The number of aromatic hydroxyl groups is 1. The van der Waals surface area contributed by atoms with Crippen molar-refractivity contribution in [3.63, 3.8) is 0 Å². The van der Waals surface area contributed by atoms with Gasteiger partial charge in [0.15, 0.2) is 5.82 Å². The van der Waals surface area contributed by atoms with Crippen LogP contribution in [0.4, 0.5) is 29.2 Å². The molecule has 2 aromatic heterocycles. The summed E-state index contributed by atoms with van der Waals surface area (Å²) in [5.74, 6) is 1.41. The molecule has 3 N–H and O–H groups in total. The summed E-state index contributed by atoms with van der Waals surface area (Å²) in [7, 11) is 1.66. The van der Waals surface area contributed by atoms with Crippen LogP contribution in [0.5, 0.6) is 11.8 Å². The molecule has 50 heavy (non-hydrogen) atoms. The van der Waals surface area contributed by atoms with Crippen LogP contribution in [0.2, 0.25) is 0 Å². The van der Waals surface area contributed by atoms with E-state index in [4.69, 9.17) is 21.1 Å². The van der Waals surface area contributed by atoms with Crippen molar-refractivity contribution in [1.29, 1.82) is 0 Å². The van der Waals surface area contributed by atoms with E-state index >= 15 is 8.78 Å². The number of nitrogens with zero attached hydrogens (tertiary/aromatic N) is 5.